The summed E-state index contributed by atoms with van der Waals surface area (Å²) in [5, 5.41) is 13.9. The van der Waals surface area contributed by atoms with Crippen molar-refractivity contribution in [1.82, 2.24) is 10.3 Å². The molecule has 0 saturated heterocycles. The van der Waals surface area contributed by atoms with E-state index in [2.05, 4.69) is 10.3 Å². The van der Waals surface area contributed by atoms with E-state index < -0.39 is 0 Å². The molecule has 1 aromatic carbocycles. The van der Waals surface area contributed by atoms with Crippen LogP contribution < -0.4 is 5.32 Å². The van der Waals surface area contributed by atoms with Gasteiger partial charge in [-0.25, -0.2) is 4.98 Å². The van der Waals surface area contributed by atoms with E-state index in [4.69, 9.17) is 4.42 Å². The molecule has 0 aliphatic heterocycles. The molecule has 0 aliphatic carbocycles. The number of benzene rings is 1. The van der Waals surface area contributed by atoms with Crippen LogP contribution in [0.25, 0.3) is 0 Å². The molecule has 6 heteroatoms. The van der Waals surface area contributed by atoms with Crippen molar-refractivity contribution in [1.29, 1.82) is 0 Å². The number of aromatic nitrogens is 1. The highest BCUT2D eigenvalue weighted by atomic mass is 16.6. The predicted molar refractivity (Wildman–Crippen MR) is 69.6 cm³/mol. The highest BCUT2D eigenvalue weighted by Crippen LogP contribution is 2.17. The summed E-state index contributed by atoms with van der Waals surface area (Å²) in [6.45, 7) is 4.58. The first-order valence-electron chi connectivity index (χ1n) is 5.94. The molecule has 1 heterocycles. The number of aryl methyl sites for hydroxylation is 2. The topological polar surface area (TPSA) is 81.2 Å². The second-order valence-corrected chi connectivity index (χ2v) is 4.24. The van der Waals surface area contributed by atoms with E-state index in [-0.39, 0.29) is 10.6 Å². The van der Waals surface area contributed by atoms with Gasteiger partial charge in [-0.1, -0.05) is 18.2 Å². The maximum Gasteiger partial charge on any atom is 0.273 e. The Hall–Kier alpha value is -2.21. The third-order valence-electron chi connectivity index (χ3n) is 2.85. The van der Waals surface area contributed by atoms with E-state index in [1.54, 1.807) is 18.2 Å². The van der Waals surface area contributed by atoms with Gasteiger partial charge >= 0.3 is 0 Å². The van der Waals surface area contributed by atoms with Gasteiger partial charge in [0.25, 0.3) is 5.69 Å². The Morgan fingerprint density at radius 3 is 2.68 bits per heavy atom. The van der Waals surface area contributed by atoms with Crippen molar-refractivity contribution in [2.24, 2.45) is 0 Å². The van der Waals surface area contributed by atoms with Crippen molar-refractivity contribution in [2.75, 3.05) is 0 Å². The van der Waals surface area contributed by atoms with Gasteiger partial charge in [0, 0.05) is 18.2 Å². The molecule has 6 nitrogen and oxygen atoms in total. The first kappa shape index (κ1) is 13.2. The monoisotopic (exact) mass is 261 g/mol. The Morgan fingerprint density at radius 1 is 1.32 bits per heavy atom. The summed E-state index contributed by atoms with van der Waals surface area (Å²) in [6.07, 6.45) is 0. The van der Waals surface area contributed by atoms with Crippen LogP contribution in [0.1, 0.15) is 22.9 Å². The van der Waals surface area contributed by atoms with Gasteiger partial charge < -0.3 is 9.73 Å². The van der Waals surface area contributed by atoms with Crippen molar-refractivity contribution in [2.45, 2.75) is 26.9 Å². The molecule has 0 bridgehead atoms. The van der Waals surface area contributed by atoms with Crippen LogP contribution in [-0.4, -0.2) is 9.91 Å². The van der Waals surface area contributed by atoms with Crippen LogP contribution in [-0.2, 0) is 13.1 Å². The Labute approximate surface area is 110 Å². The maximum absolute atomic E-state index is 10.8. The van der Waals surface area contributed by atoms with Crippen molar-refractivity contribution in [3.05, 3.63) is 57.3 Å². The molecule has 0 unspecified atom stereocenters. The summed E-state index contributed by atoms with van der Waals surface area (Å²) >= 11 is 0. The summed E-state index contributed by atoms with van der Waals surface area (Å²) in [7, 11) is 0. The van der Waals surface area contributed by atoms with Gasteiger partial charge in [0.05, 0.1) is 17.2 Å². The Balaban J connectivity index is 1.98. The van der Waals surface area contributed by atoms with Gasteiger partial charge in [-0.3, -0.25) is 10.1 Å². The minimum Gasteiger partial charge on any atom is -0.444 e. The fourth-order valence-corrected chi connectivity index (χ4v) is 1.76. The molecular weight excluding hydrogens is 246 g/mol. The molecular formula is C13H15N3O3. The van der Waals surface area contributed by atoms with Gasteiger partial charge in [-0.15, -0.1) is 0 Å². The quantitative estimate of drug-likeness (QED) is 0.660. The summed E-state index contributed by atoms with van der Waals surface area (Å²) < 4.78 is 5.42. The molecule has 2 aromatic rings. The molecule has 0 aliphatic rings. The van der Waals surface area contributed by atoms with Crippen LogP contribution >= 0.6 is 0 Å². The van der Waals surface area contributed by atoms with Gasteiger partial charge in [-0.2, -0.15) is 0 Å². The highest BCUT2D eigenvalue weighted by molar-refractivity contribution is 5.39. The molecule has 2 rings (SSSR count). The van der Waals surface area contributed by atoms with Crippen LogP contribution in [0.5, 0.6) is 0 Å². The Bertz CT molecular complexity index is 573. The average molecular weight is 261 g/mol. The van der Waals surface area contributed by atoms with Gasteiger partial charge in [-0.05, 0) is 13.8 Å². The van der Waals surface area contributed by atoms with Crippen LogP contribution in [0.2, 0.25) is 0 Å². The first-order chi connectivity index (χ1) is 9.08. The van der Waals surface area contributed by atoms with Crippen LogP contribution in [0.4, 0.5) is 5.69 Å². The molecule has 0 atom stereocenters. The molecule has 1 aromatic heterocycles. The lowest BCUT2D eigenvalue weighted by molar-refractivity contribution is -0.385. The lowest BCUT2D eigenvalue weighted by Gasteiger charge is -2.03. The van der Waals surface area contributed by atoms with Crippen molar-refractivity contribution in [3.8, 4) is 0 Å². The largest absolute Gasteiger partial charge is 0.444 e. The highest BCUT2D eigenvalue weighted by Gasteiger charge is 2.12. The fraction of sp³-hybridized carbons (Fsp3) is 0.308. The van der Waals surface area contributed by atoms with Crippen molar-refractivity contribution in [3.63, 3.8) is 0 Å². The second-order valence-electron chi connectivity index (χ2n) is 4.24. The average Bonchev–Trinajstić information content (AvgIpc) is 2.69. The molecule has 0 fully saturated rings. The first-order valence-corrected chi connectivity index (χ1v) is 5.94. The lowest BCUT2D eigenvalue weighted by atomic mass is 10.2. The molecule has 19 heavy (non-hydrogen) atoms. The van der Waals surface area contributed by atoms with Crippen molar-refractivity contribution >= 4 is 5.69 Å². The number of hydrogen-bond acceptors (Lipinski definition) is 5. The van der Waals surface area contributed by atoms with Crippen LogP contribution in [0.15, 0.2) is 28.7 Å². The van der Waals surface area contributed by atoms with Crippen LogP contribution in [0, 0.1) is 24.0 Å². The number of nitro benzene ring substituents is 1. The third kappa shape index (κ3) is 3.17. The summed E-state index contributed by atoms with van der Waals surface area (Å²) in [5.74, 6) is 1.39. The fourth-order valence-electron chi connectivity index (χ4n) is 1.76. The number of oxazole rings is 1. The maximum atomic E-state index is 10.8. The van der Waals surface area contributed by atoms with Gasteiger partial charge in [0.15, 0.2) is 0 Å². The number of rotatable bonds is 5. The second kappa shape index (κ2) is 5.62. The zero-order chi connectivity index (χ0) is 13.8. The van der Waals surface area contributed by atoms with Gasteiger partial charge in [0.1, 0.15) is 5.76 Å². The summed E-state index contributed by atoms with van der Waals surface area (Å²) in [5.41, 5.74) is 1.63. The SMILES string of the molecule is Cc1nc(CNCc2ccccc2[N+](=O)[O-])oc1C. The number of para-hydroxylation sites is 1. The Kier molecular flexibility index (Phi) is 3.91. The van der Waals surface area contributed by atoms with Crippen molar-refractivity contribution < 1.29 is 9.34 Å². The zero-order valence-electron chi connectivity index (χ0n) is 10.8. The number of nitrogens with one attached hydrogen (secondary N) is 1. The summed E-state index contributed by atoms with van der Waals surface area (Å²) in [6, 6.07) is 6.67. The third-order valence-corrected chi connectivity index (χ3v) is 2.85. The minimum atomic E-state index is -0.379. The molecule has 0 saturated carbocycles. The molecule has 0 radical (unpaired) electrons. The molecule has 1 N–H and O–H groups in total. The normalized spacial score (nSPS) is 10.6. The van der Waals surface area contributed by atoms with E-state index in [9.17, 15) is 10.1 Å². The predicted octanol–water partition coefficient (Wildman–Crippen LogP) is 2.49. The van der Waals surface area contributed by atoms with E-state index in [0.29, 0.717) is 24.5 Å². The number of hydrogen-bond donors (Lipinski definition) is 1. The standard InChI is InChI=1S/C13H15N3O3/c1-9-10(2)19-13(15-9)8-14-7-11-5-3-4-6-12(11)16(17)18/h3-6,14H,7-8H2,1-2H3. The smallest absolute Gasteiger partial charge is 0.273 e. The summed E-state index contributed by atoms with van der Waals surface area (Å²) in [4.78, 5) is 14.7. The molecule has 100 valence electrons. The van der Waals surface area contributed by atoms with E-state index in [0.717, 1.165) is 11.5 Å². The van der Waals surface area contributed by atoms with Crippen LogP contribution in [0.3, 0.4) is 0 Å². The lowest BCUT2D eigenvalue weighted by Crippen LogP contribution is -2.14. The van der Waals surface area contributed by atoms with E-state index >= 15 is 0 Å². The number of nitrogens with zero attached hydrogens (tertiary/aromatic N) is 2. The molecule has 0 amide bonds. The zero-order valence-corrected chi connectivity index (χ0v) is 10.8. The van der Waals surface area contributed by atoms with E-state index in [1.165, 1.54) is 6.07 Å². The van der Waals surface area contributed by atoms with E-state index in [1.807, 2.05) is 13.8 Å². The van der Waals surface area contributed by atoms with Gasteiger partial charge in [0.2, 0.25) is 5.89 Å². The molecule has 0 spiro atoms. The number of nitro groups is 1. The Morgan fingerprint density at radius 2 is 2.05 bits per heavy atom. The minimum absolute atomic E-state index is 0.120.